The van der Waals surface area contributed by atoms with E-state index in [0.29, 0.717) is 19.0 Å². The summed E-state index contributed by atoms with van der Waals surface area (Å²) in [5.41, 5.74) is 1.13. The van der Waals surface area contributed by atoms with Gasteiger partial charge in [-0.25, -0.2) is 0 Å². The third kappa shape index (κ3) is 2.20. The second-order valence-corrected chi connectivity index (χ2v) is 4.42. The number of β-amino-alcohol motifs (C(OH)–C–C–N with tert-alkyl or cyclic N) is 1. The van der Waals surface area contributed by atoms with Gasteiger partial charge in [-0.2, -0.15) is 0 Å². The van der Waals surface area contributed by atoms with Gasteiger partial charge >= 0.3 is 0 Å². The highest BCUT2D eigenvalue weighted by Gasteiger charge is 2.32. The van der Waals surface area contributed by atoms with Gasteiger partial charge in [0, 0.05) is 18.3 Å². The van der Waals surface area contributed by atoms with Crippen LogP contribution in [0.2, 0.25) is 0 Å². The fourth-order valence-corrected chi connectivity index (χ4v) is 2.36. The molecule has 1 fully saturated rings. The maximum absolute atomic E-state index is 9.73. The zero-order valence-electron chi connectivity index (χ0n) is 9.58. The normalized spacial score (nSPS) is 30.4. The first-order chi connectivity index (χ1) is 7.72. The van der Waals surface area contributed by atoms with Crippen LogP contribution >= 0.6 is 0 Å². The Balaban J connectivity index is 2.19. The molecular weight excluding hydrogens is 202 g/mol. The molecule has 88 valence electrons. The summed E-state index contributed by atoms with van der Waals surface area (Å²) in [5.74, 6) is 0. The minimum absolute atomic E-state index is 0.320. The van der Waals surface area contributed by atoms with Crippen molar-refractivity contribution in [3.63, 3.8) is 0 Å². The van der Waals surface area contributed by atoms with Gasteiger partial charge < -0.3 is 15.1 Å². The molecule has 1 aliphatic rings. The number of nitrogens with zero attached hydrogens (tertiary/aromatic N) is 1. The van der Waals surface area contributed by atoms with Crippen molar-refractivity contribution in [1.29, 1.82) is 0 Å². The molecule has 0 amide bonds. The highest BCUT2D eigenvalue weighted by atomic mass is 16.3. The van der Waals surface area contributed by atoms with E-state index in [0.717, 1.165) is 12.1 Å². The number of aliphatic hydroxyl groups excluding tert-OH is 2. The van der Waals surface area contributed by atoms with Gasteiger partial charge in [0.2, 0.25) is 0 Å². The Morgan fingerprint density at radius 1 is 1.19 bits per heavy atom. The van der Waals surface area contributed by atoms with Crippen molar-refractivity contribution >= 4 is 5.69 Å². The van der Waals surface area contributed by atoms with Crippen LogP contribution in [0.1, 0.15) is 19.8 Å². The molecule has 3 unspecified atom stereocenters. The summed E-state index contributed by atoms with van der Waals surface area (Å²) in [5, 5.41) is 19.4. The second kappa shape index (κ2) is 4.85. The lowest BCUT2D eigenvalue weighted by Crippen LogP contribution is -2.52. The van der Waals surface area contributed by atoms with Crippen LogP contribution in [0.15, 0.2) is 30.3 Å². The highest BCUT2D eigenvalue weighted by Crippen LogP contribution is 2.26. The van der Waals surface area contributed by atoms with E-state index in [-0.39, 0.29) is 0 Å². The van der Waals surface area contributed by atoms with Gasteiger partial charge in [-0.3, -0.25) is 0 Å². The lowest BCUT2D eigenvalue weighted by Gasteiger charge is -2.41. The lowest BCUT2D eigenvalue weighted by atomic mass is 9.95. The summed E-state index contributed by atoms with van der Waals surface area (Å²) in [6.07, 6.45) is 0.415. The SMILES string of the molecule is CCC1CC(O)C(O)CN1c1ccccc1. The van der Waals surface area contributed by atoms with E-state index >= 15 is 0 Å². The first-order valence-corrected chi connectivity index (χ1v) is 5.90. The number of rotatable bonds is 2. The molecule has 1 aliphatic heterocycles. The zero-order valence-corrected chi connectivity index (χ0v) is 9.58. The third-order valence-electron chi connectivity index (χ3n) is 3.34. The molecule has 2 N–H and O–H groups in total. The van der Waals surface area contributed by atoms with E-state index < -0.39 is 12.2 Å². The molecule has 0 bridgehead atoms. The second-order valence-electron chi connectivity index (χ2n) is 4.42. The summed E-state index contributed by atoms with van der Waals surface area (Å²) in [6.45, 7) is 2.63. The predicted molar refractivity (Wildman–Crippen MR) is 64.5 cm³/mol. The van der Waals surface area contributed by atoms with Gasteiger partial charge in [-0.05, 0) is 25.0 Å². The molecule has 2 rings (SSSR count). The largest absolute Gasteiger partial charge is 0.390 e. The molecule has 1 saturated heterocycles. The van der Waals surface area contributed by atoms with Crippen LogP contribution in [-0.2, 0) is 0 Å². The Bertz CT molecular complexity index is 328. The van der Waals surface area contributed by atoms with Crippen molar-refractivity contribution < 1.29 is 10.2 Å². The van der Waals surface area contributed by atoms with Crippen molar-refractivity contribution in [2.75, 3.05) is 11.4 Å². The average molecular weight is 221 g/mol. The molecular formula is C13H19NO2. The number of hydrogen-bond donors (Lipinski definition) is 2. The Hall–Kier alpha value is -1.06. The molecule has 3 nitrogen and oxygen atoms in total. The van der Waals surface area contributed by atoms with Gasteiger partial charge in [0.05, 0.1) is 12.2 Å². The standard InChI is InChI=1S/C13H19NO2/c1-2-10-8-12(15)13(16)9-14(10)11-6-4-3-5-7-11/h3-7,10,12-13,15-16H,2,8-9H2,1H3. The van der Waals surface area contributed by atoms with E-state index in [2.05, 4.69) is 11.8 Å². The van der Waals surface area contributed by atoms with Crippen molar-refractivity contribution in [3.8, 4) is 0 Å². The fourth-order valence-electron chi connectivity index (χ4n) is 2.36. The van der Waals surface area contributed by atoms with Crippen molar-refractivity contribution in [1.82, 2.24) is 0 Å². The Kier molecular flexibility index (Phi) is 3.46. The maximum Gasteiger partial charge on any atom is 0.0974 e. The Morgan fingerprint density at radius 3 is 2.50 bits per heavy atom. The third-order valence-corrected chi connectivity index (χ3v) is 3.34. The topological polar surface area (TPSA) is 43.7 Å². The van der Waals surface area contributed by atoms with E-state index in [1.807, 2.05) is 30.3 Å². The van der Waals surface area contributed by atoms with E-state index in [4.69, 9.17) is 0 Å². The van der Waals surface area contributed by atoms with Crippen LogP contribution in [0.4, 0.5) is 5.69 Å². The van der Waals surface area contributed by atoms with E-state index in [1.165, 1.54) is 0 Å². The van der Waals surface area contributed by atoms with E-state index in [1.54, 1.807) is 0 Å². The first kappa shape index (κ1) is 11.4. The maximum atomic E-state index is 9.73. The minimum Gasteiger partial charge on any atom is -0.390 e. The van der Waals surface area contributed by atoms with Gasteiger partial charge in [0.15, 0.2) is 0 Å². The van der Waals surface area contributed by atoms with Crippen LogP contribution in [0.5, 0.6) is 0 Å². The van der Waals surface area contributed by atoms with Gasteiger partial charge in [-0.15, -0.1) is 0 Å². The smallest absolute Gasteiger partial charge is 0.0974 e. The van der Waals surface area contributed by atoms with Gasteiger partial charge in [0.25, 0.3) is 0 Å². The molecule has 0 aliphatic carbocycles. The lowest BCUT2D eigenvalue weighted by molar-refractivity contribution is -0.00257. The molecule has 0 saturated carbocycles. The van der Waals surface area contributed by atoms with Gasteiger partial charge in [0.1, 0.15) is 0 Å². The van der Waals surface area contributed by atoms with Crippen LogP contribution < -0.4 is 4.90 Å². The zero-order chi connectivity index (χ0) is 11.5. The molecule has 1 heterocycles. The van der Waals surface area contributed by atoms with Crippen molar-refractivity contribution in [3.05, 3.63) is 30.3 Å². The quantitative estimate of drug-likeness (QED) is 0.793. The Morgan fingerprint density at radius 2 is 1.88 bits per heavy atom. The van der Waals surface area contributed by atoms with E-state index in [9.17, 15) is 10.2 Å². The summed E-state index contributed by atoms with van der Waals surface area (Å²) in [4.78, 5) is 2.19. The number of hydrogen-bond acceptors (Lipinski definition) is 3. The highest BCUT2D eigenvalue weighted by molar-refractivity contribution is 5.47. The fraction of sp³-hybridized carbons (Fsp3) is 0.538. The van der Waals surface area contributed by atoms with Crippen LogP contribution in [0, 0.1) is 0 Å². The Labute approximate surface area is 96.3 Å². The molecule has 3 heteroatoms. The summed E-state index contributed by atoms with van der Waals surface area (Å²) >= 11 is 0. The number of aliphatic hydroxyl groups is 2. The molecule has 16 heavy (non-hydrogen) atoms. The number of anilines is 1. The molecule has 0 spiro atoms. The predicted octanol–water partition coefficient (Wildman–Crippen LogP) is 1.40. The molecule has 3 atom stereocenters. The average Bonchev–Trinajstić information content (AvgIpc) is 2.33. The van der Waals surface area contributed by atoms with Crippen molar-refractivity contribution in [2.24, 2.45) is 0 Å². The number of para-hydroxylation sites is 1. The van der Waals surface area contributed by atoms with Crippen LogP contribution in [0.3, 0.4) is 0 Å². The van der Waals surface area contributed by atoms with Gasteiger partial charge in [-0.1, -0.05) is 25.1 Å². The van der Waals surface area contributed by atoms with Crippen LogP contribution in [0.25, 0.3) is 0 Å². The van der Waals surface area contributed by atoms with Crippen molar-refractivity contribution in [2.45, 2.75) is 38.0 Å². The van der Waals surface area contributed by atoms with Crippen LogP contribution in [-0.4, -0.2) is 35.0 Å². The summed E-state index contributed by atoms with van der Waals surface area (Å²) < 4.78 is 0. The molecule has 1 aromatic rings. The number of benzene rings is 1. The number of piperidine rings is 1. The monoisotopic (exact) mass is 221 g/mol. The summed E-state index contributed by atoms with van der Waals surface area (Å²) in [6, 6.07) is 10.4. The summed E-state index contributed by atoms with van der Waals surface area (Å²) in [7, 11) is 0. The molecule has 0 aromatic heterocycles. The first-order valence-electron chi connectivity index (χ1n) is 5.90. The molecule has 0 radical (unpaired) electrons. The minimum atomic E-state index is -0.636. The molecule has 1 aromatic carbocycles.